The molecule has 1 atom stereocenters. The second-order valence-corrected chi connectivity index (χ2v) is 3.09. The highest BCUT2D eigenvalue weighted by Crippen LogP contribution is 2.02. The summed E-state index contributed by atoms with van der Waals surface area (Å²) in [7, 11) is 0. The average Bonchev–Trinajstić information content (AvgIpc) is 2.53. The van der Waals surface area contributed by atoms with Crippen molar-refractivity contribution >= 4 is 5.91 Å². The molecule has 3 nitrogen and oxygen atoms in total. The third kappa shape index (κ3) is 3.05. The Hall–Kier alpha value is -0.830. The molecule has 12 heavy (non-hydrogen) atoms. The Morgan fingerprint density at radius 1 is 1.75 bits per heavy atom. The molecule has 2 N–H and O–H groups in total. The van der Waals surface area contributed by atoms with Crippen molar-refractivity contribution in [2.24, 2.45) is 0 Å². The topological polar surface area (TPSA) is 41.1 Å². The summed E-state index contributed by atoms with van der Waals surface area (Å²) in [5, 5.41) is 6.17. The van der Waals surface area contributed by atoms with Gasteiger partial charge in [0.25, 0.3) is 0 Å². The lowest BCUT2D eigenvalue weighted by Crippen LogP contribution is -2.36. The molecule has 1 aliphatic heterocycles. The normalized spacial score (nSPS) is 22.2. The van der Waals surface area contributed by atoms with Gasteiger partial charge < -0.3 is 10.6 Å². The molecule has 0 saturated carbocycles. The van der Waals surface area contributed by atoms with E-state index in [1.165, 1.54) is 12.8 Å². The predicted molar refractivity (Wildman–Crippen MR) is 48.8 cm³/mol. The van der Waals surface area contributed by atoms with Gasteiger partial charge in [0.1, 0.15) is 0 Å². The van der Waals surface area contributed by atoms with Crippen molar-refractivity contribution in [1.29, 1.82) is 0 Å². The van der Waals surface area contributed by atoms with E-state index in [1.807, 2.05) is 0 Å². The van der Waals surface area contributed by atoms with Gasteiger partial charge in [0.2, 0.25) is 5.91 Å². The van der Waals surface area contributed by atoms with Gasteiger partial charge in [-0.1, -0.05) is 6.08 Å². The molecule has 1 unspecified atom stereocenters. The van der Waals surface area contributed by atoms with E-state index in [0.717, 1.165) is 13.1 Å². The summed E-state index contributed by atoms with van der Waals surface area (Å²) in [5.74, 6) is 0.0682. The molecule has 1 heterocycles. The SMILES string of the molecule is C=CCC(=O)NCC1CCCN1. The van der Waals surface area contributed by atoms with Crippen LogP contribution in [0.5, 0.6) is 0 Å². The molecule has 68 valence electrons. The quantitative estimate of drug-likeness (QED) is 0.598. The van der Waals surface area contributed by atoms with Gasteiger partial charge in [-0.2, -0.15) is 0 Å². The van der Waals surface area contributed by atoms with Crippen LogP contribution in [0.1, 0.15) is 19.3 Å². The highest BCUT2D eigenvalue weighted by molar-refractivity contribution is 5.77. The van der Waals surface area contributed by atoms with Gasteiger partial charge in [0.15, 0.2) is 0 Å². The molecular formula is C9H16N2O. The van der Waals surface area contributed by atoms with Gasteiger partial charge >= 0.3 is 0 Å². The minimum absolute atomic E-state index is 0.0682. The molecule has 1 aliphatic rings. The van der Waals surface area contributed by atoms with Crippen molar-refractivity contribution in [3.05, 3.63) is 12.7 Å². The lowest BCUT2D eigenvalue weighted by atomic mass is 10.2. The molecule has 0 aromatic heterocycles. The van der Waals surface area contributed by atoms with E-state index in [-0.39, 0.29) is 5.91 Å². The predicted octanol–water partition coefficient (Wildman–Crippen LogP) is 0.431. The van der Waals surface area contributed by atoms with Crippen molar-refractivity contribution in [3.8, 4) is 0 Å². The summed E-state index contributed by atoms with van der Waals surface area (Å²) < 4.78 is 0. The molecule has 0 radical (unpaired) electrons. The third-order valence-corrected chi connectivity index (χ3v) is 2.04. The van der Waals surface area contributed by atoms with Crippen molar-refractivity contribution in [1.82, 2.24) is 10.6 Å². The Labute approximate surface area is 73.2 Å². The van der Waals surface area contributed by atoms with Crippen LogP contribution < -0.4 is 10.6 Å². The van der Waals surface area contributed by atoms with Crippen molar-refractivity contribution < 1.29 is 4.79 Å². The zero-order chi connectivity index (χ0) is 8.81. The summed E-state index contributed by atoms with van der Waals surface area (Å²) in [6.07, 6.45) is 4.44. The van der Waals surface area contributed by atoms with E-state index < -0.39 is 0 Å². The molecule has 1 saturated heterocycles. The molecule has 3 heteroatoms. The number of hydrogen-bond acceptors (Lipinski definition) is 2. The third-order valence-electron chi connectivity index (χ3n) is 2.04. The van der Waals surface area contributed by atoms with Gasteiger partial charge in [-0.3, -0.25) is 4.79 Å². The lowest BCUT2D eigenvalue weighted by Gasteiger charge is -2.10. The van der Waals surface area contributed by atoms with Crippen LogP contribution in [-0.2, 0) is 4.79 Å². The first-order chi connectivity index (χ1) is 5.83. The van der Waals surface area contributed by atoms with Crippen molar-refractivity contribution in [2.75, 3.05) is 13.1 Å². The van der Waals surface area contributed by atoms with Crippen LogP contribution in [0.3, 0.4) is 0 Å². The second-order valence-electron chi connectivity index (χ2n) is 3.09. The van der Waals surface area contributed by atoms with Crippen LogP contribution in [-0.4, -0.2) is 25.0 Å². The first-order valence-electron chi connectivity index (χ1n) is 4.44. The summed E-state index contributed by atoms with van der Waals surface area (Å²) in [4.78, 5) is 11.0. The van der Waals surface area contributed by atoms with Crippen LogP contribution in [0.25, 0.3) is 0 Å². The standard InChI is InChI=1S/C9H16N2O/c1-2-4-9(12)11-7-8-5-3-6-10-8/h2,8,10H,1,3-7H2,(H,11,12). The lowest BCUT2D eigenvalue weighted by molar-refractivity contribution is -0.120. The highest BCUT2D eigenvalue weighted by atomic mass is 16.1. The smallest absolute Gasteiger partial charge is 0.223 e. The minimum Gasteiger partial charge on any atom is -0.354 e. The Kier molecular flexibility index (Phi) is 3.80. The molecule has 0 aliphatic carbocycles. The Morgan fingerprint density at radius 2 is 2.58 bits per heavy atom. The first-order valence-corrected chi connectivity index (χ1v) is 4.44. The van der Waals surface area contributed by atoms with Crippen molar-refractivity contribution in [2.45, 2.75) is 25.3 Å². The van der Waals surface area contributed by atoms with Gasteiger partial charge in [0, 0.05) is 19.0 Å². The maximum atomic E-state index is 11.0. The van der Waals surface area contributed by atoms with Crippen LogP contribution in [0.2, 0.25) is 0 Å². The number of amides is 1. The Balaban J connectivity index is 2.07. The van der Waals surface area contributed by atoms with Crippen LogP contribution in [0, 0.1) is 0 Å². The van der Waals surface area contributed by atoms with E-state index in [4.69, 9.17) is 0 Å². The molecule has 0 aromatic carbocycles. The monoisotopic (exact) mass is 168 g/mol. The van der Waals surface area contributed by atoms with E-state index in [2.05, 4.69) is 17.2 Å². The van der Waals surface area contributed by atoms with Gasteiger partial charge in [-0.05, 0) is 19.4 Å². The van der Waals surface area contributed by atoms with Gasteiger partial charge in [-0.25, -0.2) is 0 Å². The molecule has 0 aromatic rings. The van der Waals surface area contributed by atoms with Gasteiger partial charge in [0.05, 0.1) is 0 Å². The minimum atomic E-state index is 0.0682. The summed E-state index contributed by atoms with van der Waals surface area (Å²) >= 11 is 0. The molecule has 1 amide bonds. The molecule has 1 fully saturated rings. The molecule has 1 rings (SSSR count). The average molecular weight is 168 g/mol. The first kappa shape index (κ1) is 9.26. The number of carbonyl (C=O) groups excluding carboxylic acids is 1. The van der Waals surface area contributed by atoms with Crippen LogP contribution in [0.4, 0.5) is 0 Å². The summed E-state index contributed by atoms with van der Waals surface area (Å²) in [5.41, 5.74) is 0. The fraction of sp³-hybridized carbons (Fsp3) is 0.667. The highest BCUT2D eigenvalue weighted by Gasteiger charge is 2.13. The number of carbonyl (C=O) groups is 1. The molecule has 0 spiro atoms. The van der Waals surface area contributed by atoms with Crippen LogP contribution in [0.15, 0.2) is 12.7 Å². The largest absolute Gasteiger partial charge is 0.354 e. The van der Waals surface area contributed by atoms with Gasteiger partial charge in [-0.15, -0.1) is 6.58 Å². The van der Waals surface area contributed by atoms with E-state index >= 15 is 0 Å². The zero-order valence-electron chi connectivity index (χ0n) is 7.31. The van der Waals surface area contributed by atoms with E-state index in [0.29, 0.717) is 12.5 Å². The second kappa shape index (κ2) is 4.93. The Bertz CT molecular complexity index is 162. The zero-order valence-corrected chi connectivity index (χ0v) is 7.31. The fourth-order valence-electron chi connectivity index (χ4n) is 1.37. The van der Waals surface area contributed by atoms with E-state index in [9.17, 15) is 4.79 Å². The number of nitrogens with one attached hydrogen (secondary N) is 2. The fourth-order valence-corrected chi connectivity index (χ4v) is 1.37. The molecule has 0 bridgehead atoms. The van der Waals surface area contributed by atoms with Crippen molar-refractivity contribution in [3.63, 3.8) is 0 Å². The number of hydrogen-bond donors (Lipinski definition) is 2. The number of rotatable bonds is 4. The summed E-state index contributed by atoms with van der Waals surface area (Å²) in [6, 6.07) is 0.485. The summed E-state index contributed by atoms with van der Waals surface area (Å²) in [6.45, 7) is 5.35. The van der Waals surface area contributed by atoms with E-state index in [1.54, 1.807) is 6.08 Å². The van der Waals surface area contributed by atoms with Crippen LogP contribution >= 0.6 is 0 Å². The Morgan fingerprint density at radius 3 is 3.17 bits per heavy atom. The molecular weight excluding hydrogens is 152 g/mol. The maximum absolute atomic E-state index is 11.0. The maximum Gasteiger partial charge on any atom is 0.223 e.